The molecule has 3 aromatic rings. The van der Waals surface area contributed by atoms with Gasteiger partial charge in [-0.15, -0.1) is 11.3 Å². The highest BCUT2D eigenvalue weighted by Gasteiger charge is 2.20. The van der Waals surface area contributed by atoms with Crippen LogP contribution in [0.5, 0.6) is 0 Å². The van der Waals surface area contributed by atoms with Crippen LogP contribution in [0.25, 0.3) is 10.6 Å². The number of hydrogen-bond donors (Lipinski definition) is 2. The van der Waals surface area contributed by atoms with Crippen molar-refractivity contribution in [3.63, 3.8) is 0 Å². The van der Waals surface area contributed by atoms with Crippen LogP contribution in [-0.2, 0) is 9.53 Å². The summed E-state index contributed by atoms with van der Waals surface area (Å²) < 4.78 is 5.64. The van der Waals surface area contributed by atoms with Crippen molar-refractivity contribution in [2.24, 2.45) is 0 Å². The lowest BCUT2D eigenvalue weighted by Gasteiger charge is -2.21. The quantitative estimate of drug-likeness (QED) is 0.417. The number of nitrogens with one attached hydrogen (secondary N) is 2. The van der Waals surface area contributed by atoms with Gasteiger partial charge in [0.1, 0.15) is 0 Å². The lowest BCUT2D eigenvalue weighted by atomic mass is 10.1. The van der Waals surface area contributed by atoms with Gasteiger partial charge in [0, 0.05) is 17.7 Å². The zero-order valence-corrected chi connectivity index (χ0v) is 19.4. The highest BCUT2D eigenvalue weighted by atomic mass is 35.5. The Morgan fingerprint density at radius 3 is 2.87 bits per heavy atom. The summed E-state index contributed by atoms with van der Waals surface area (Å²) in [6, 6.07) is 5.34. The molecule has 1 aromatic carbocycles. The van der Waals surface area contributed by atoms with E-state index in [0.717, 1.165) is 53.0 Å². The number of ether oxygens (including phenoxy) is 1. The molecule has 0 bridgehead atoms. The Kier molecular flexibility index (Phi) is 6.90. The molecule has 1 fully saturated rings. The van der Waals surface area contributed by atoms with Crippen molar-refractivity contribution in [2.75, 3.05) is 17.2 Å². The number of thiazole rings is 2. The van der Waals surface area contributed by atoms with E-state index >= 15 is 0 Å². The number of hydrogen-bond acceptors (Lipinski definition) is 7. The summed E-state index contributed by atoms with van der Waals surface area (Å²) in [6.07, 6.45) is 3.49. The molecule has 2 N–H and O–H groups in total. The van der Waals surface area contributed by atoms with Gasteiger partial charge in [-0.3, -0.25) is 4.79 Å². The summed E-state index contributed by atoms with van der Waals surface area (Å²) in [5, 5.41) is 10.4. The second-order valence-corrected chi connectivity index (χ2v) is 9.64. The number of carbonyl (C=O) groups is 1. The fourth-order valence-electron chi connectivity index (χ4n) is 3.17. The van der Waals surface area contributed by atoms with E-state index in [1.54, 1.807) is 12.1 Å². The maximum atomic E-state index is 12.3. The molecule has 0 spiro atoms. The van der Waals surface area contributed by atoms with Crippen LogP contribution >= 0.6 is 45.9 Å². The maximum Gasteiger partial charge on any atom is 0.228 e. The average Bonchev–Trinajstić information content (AvgIpc) is 3.31. The molecule has 30 heavy (non-hydrogen) atoms. The van der Waals surface area contributed by atoms with E-state index in [1.807, 2.05) is 18.4 Å². The van der Waals surface area contributed by atoms with Gasteiger partial charge in [-0.05, 0) is 44.4 Å². The molecule has 1 aliphatic heterocycles. The molecule has 6 nitrogen and oxygen atoms in total. The Balaban J connectivity index is 1.41. The summed E-state index contributed by atoms with van der Waals surface area (Å²) in [7, 11) is 0. The minimum atomic E-state index is -0.0672. The Morgan fingerprint density at radius 2 is 2.10 bits per heavy atom. The standard InChI is InChI=1S/C20H20Cl2N4O2S2/c1-11-18(30-20(23-11)26-17(27)9-13-4-2-3-7-28-13)16-10-29-19(25-16)24-12-5-6-14(21)15(22)8-12/h5-6,8,10,13H,2-4,7,9H2,1H3,(H,24,25)(H,23,26,27). The van der Waals surface area contributed by atoms with Crippen molar-refractivity contribution >= 4 is 67.7 Å². The highest BCUT2D eigenvalue weighted by molar-refractivity contribution is 7.20. The van der Waals surface area contributed by atoms with E-state index in [-0.39, 0.29) is 12.0 Å². The lowest BCUT2D eigenvalue weighted by Crippen LogP contribution is -2.25. The highest BCUT2D eigenvalue weighted by Crippen LogP contribution is 2.36. The molecule has 158 valence electrons. The van der Waals surface area contributed by atoms with E-state index in [2.05, 4.69) is 20.6 Å². The number of nitrogens with zero attached hydrogens (tertiary/aromatic N) is 2. The monoisotopic (exact) mass is 482 g/mol. The molecule has 1 amide bonds. The molecule has 1 unspecified atom stereocenters. The van der Waals surface area contributed by atoms with E-state index < -0.39 is 0 Å². The number of benzene rings is 1. The fourth-order valence-corrected chi connectivity index (χ4v) is 5.20. The van der Waals surface area contributed by atoms with Gasteiger partial charge in [0.15, 0.2) is 10.3 Å². The molecular weight excluding hydrogens is 463 g/mol. The van der Waals surface area contributed by atoms with Crippen molar-refractivity contribution in [3.05, 3.63) is 39.3 Å². The Hall–Kier alpha value is -1.71. The van der Waals surface area contributed by atoms with Gasteiger partial charge in [-0.25, -0.2) is 9.97 Å². The molecule has 2 aromatic heterocycles. The van der Waals surface area contributed by atoms with Gasteiger partial charge < -0.3 is 15.4 Å². The van der Waals surface area contributed by atoms with E-state index in [9.17, 15) is 4.79 Å². The predicted octanol–water partition coefficient (Wildman–Crippen LogP) is 6.52. The first kappa shape index (κ1) is 21.5. The number of rotatable bonds is 6. The molecule has 0 radical (unpaired) electrons. The van der Waals surface area contributed by atoms with Gasteiger partial charge >= 0.3 is 0 Å². The first-order valence-corrected chi connectivity index (χ1v) is 12.0. The minimum absolute atomic E-state index is 0.00724. The average molecular weight is 483 g/mol. The third-order valence-corrected chi connectivity index (χ3v) is 7.23. The summed E-state index contributed by atoms with van der Waals surface area (Å²) in [5.41, 5.74) is 2.45. The van der Waals surface area contributed by atoms with E-state index in [4.69, 9.17) is 27.9 Å². The summed E-state index contributed by atoms with van der Waals surface area (Å²) >= 11 is 14.9. The number of anilines is 3. The Bertz CT molecular complexity index is 1050. The first-order valence-electron chi connectivity index (χ1n) is 9.55. The topological polar surface area (TPSA) is 76.1 Å². The molecule has 3 heterocycles. The summed E-state index contributed by atoms with van der Waals surface area (Å²) in [4.78, 5) is 22.4. The minimum Gasteiger partial charge on any atom is -0.378 e. The number of amides is 1. The van der Waals surface area contributed by atoms with Gasteiger partial charge in [0.25, 0.3) is 0 Å². The van der Waals surface area contributed by atoms with Gasteiger partial charge in [0.2, 0.25) is 5.91 Å². The van der Waals surface area contributed by atoms with Crippen molar-refractivity contribution < 1.29 is 9.53 Å². The predicted molar refractivity (Wildman–Crippen MR) is 125 cm³/mol. The molecular formula is C20H20Cl2N4O2S2. The number of aryl methyl sites for hydroxylation is 1. The van der Waals surface area contributed by atoms with Crippen LogP contribution in [0.2, 0.25) is 10.0 Å². The number of halogens is 2. The van der Waals surface area contributed by atoms with Crippen LogP contribution in [0.4, 0.5) is 16.0 Å². The van der Waals surface area contributed by atoms with Gasteiger partial charge in [-0.2, -0.15) is 0 Å². The molecule has 10 heteroatoms. The van der Waals surface area contributed by atoms with Crippen LogP contribution in [0.1, 0.15) is 31.4 Å². The molecule has 0 aliphatic carbocycles. The van der Waals surface area contributed by atoms with Crippen LogP contribution in [-0.4, -0.2) is 28.6 Å². The third kappa shape index (κ3) is 5.31. The molecule has 1 aliphatic rings. The first-order chi connectivity index (χ1) is 14.5. The lowest BCUT2D eigenvalue weighted by molar-refractivity contribution is -0.119. The molecule has 4 rings (SSSR count). The molecule has 1 saturated heterocycles. The van der Waals surface area contributed by atoms with Gasteiger partial charge in [-0.1, -0.05) is 34.5 Å². The Labute approximate surface area is 192 Å². The molecule has 1 atom stereocenters. The smallest absolute Gasteiger partial charge is 0.228 e. The van der Waals surface area contributed by atoms with Crippen LogP contribution < -0.4 is 10.6 Å². The largest absolute Gasteiger partial charge is 0.378 e. The normalized spacial score (nSPS) is 16.4. The van der Waals surface area contributed by atoms with Crippen molar-refractivity contribution in [1.82, 2.24) is 9.97 Å². The van der Waals surface area contributed by atoms with Crippen LogP contribution in [0.3, 0.4) is 0 Å². The summed E-state index contributed by atoms with van der Waals surface area (Å²) in [6.45, 7) is 2.65. The zero-order valence-electron chi connectivity index (χ0n) is 16.2. The third-order valence-electron chi connectivity index (χ3n) is 4.64. The van der Waals surface area contributed by atoms with E-state index in [1.165, 1.54) is 22.7 Å². The number of carbonyl (C=O) groups excluding carboxylic acids is 1. The van der Waals surface area contributed by atoms with Crippen molar-refractivity contribution in [3.8, 4) is 10.6 Å². The SMILES string of the molecule is Cc1nc(NC(=O)CC2CCCCO2)sc1-c1csc(Nc2ccc(Cl)c(Cl)c2)n1. The van der Waals surface area contributed by atoms with Crippen molar-refractivity contribution in [2.45, 2.75) is 38.7 Å². The summed E-state index contributed by atoms with van der Waals surface area (Å²) in [5.74, 6) is -0.0672. The number of aromatic nitrogens is 2. The van der Waals surface area contributed by atoms with E-state index in [0.29, 0.717) is 21.6 Å². The van der Waals surface area contributed by atoms with Gasteiger partial charge in [0.05, 0.1) is 38.8 Å². The zero-order chi connectivity index (χ0) is 21.1. The fraction of sp³-hybridized carbons (Fsp3) is 0.350. The Morgan fingerprint density at radius 1 is 1.23 bits per heavy atom. The van der Waals surface area contributed by atoms with Crippen LogP contribution in [0.15, 0.2) is 23.6 Å². The van der Waals surface area contributed by atoms with Crippen molar-refractivity contribution in [1.29, 1.82) is 0 Å². The van der Waals surface area contributed by atoms with Crippen LogP contribution in [0, 0.1) is 6.92 Å². The molecule has 0 saturated carbocycles. The second-order valence-electron chi connectivity index (χ2n) is 6.97. The second kappa shape index (κ2) is 9.62. The maximum absolute atomic E-state index is 12.3.